The number of nitrogens with zero attached hydrogens (tertiary/aromatic N) is 1. The van der Waals surface area contributed by atoms with E-state index in [0.29, 0.717) is 16.6 Å². The third-order valence-corrected chi connectivity index (χ3v) is 2.96. The summed E-state index contributed by atoms with van der Waals surface area (Å²) in [5, 5.41) is 0.622. The molecule has 1 aliphatic rings. The highest BCUT2D eigenvalue weighted by Gasteiger charge is 2.25. The van der Waals surface area contributed by atoms with Gasteiger partial charge < -0.3 is 4.98 Å². The Morgan fingerprint density at radius 2 is 2.25 bits per heavy atom. The number of aromatic amines is 1. The fraction of sp³-hybridized carbons (Fsp3) is 0.250. The van der Waals surface area contributed by atoms with Crippen molar-refractivity contribution in [1.82, 2.24) is 4.98 Å². The van der Waals surface area contributed by atoms with Crippen LogP contribution in [0.5, 0.6) is 0 Å². The highest BCUT2D eigenvalue weighted by Crippen LogP contribution is 2.34. The van der Waals surface area contributed by atoms with Gasteiger partial charge in [-0.25, -0.2) is 8.78 Å². The van der Waals surface area contributed by atoms with Crippen LogP contribution in [0.15, 0.2) is 23.2 Å². The highest BCUT2D eigenvalue weighted by molar-refractivity contribution is 6.05. The van der Waals surface area contributed by atoms with Crippen molar-refractivity contribution in [2.24, 2.45) is 4.99 Å². The molecule has 0 aliphatic carbocycles. The van der Waals surface area contributed by atoms with Crippen LogP contribution >= 0.6 is 0 Å². The Morgan fingerprint density at radius 1 is 1.44 bits per heavy atom. The minimum Gasteiger partial charge on any atom is -0.353 e. The first-order chi connectivity index (χ1) is 7.66. The predicted octanol–water partition coefficient (Wildman–Crippen LogP) is 3.14. The molecule has 0 spiro atoms. The average Bonchev–Trinajstić information content (AvgIpc) is 2.63. The molecule has 0 saturated carbocycles. The van der Waals surface area contributed by atoms with E-state index in [0.717, 1.165) is 11.2 Å². The Kier molecular flexibility index (Phi) is 1.87. The Hall–Kier alpha value is -1.71. The second-order valence-corrected chi connectivity index (χ2v) is 4.00. The average molecular weight is 220 g/mol. The topological polar surface area (TPSA) is 28.1 Å². The van der Waals surface area contributed by atoms with Crippen molar-refractivity contribution in [3.63, 3.8) is 0 Å². The summed E-state index contributed by atoms with van der Waals surface area (Å²) in [5.74, 6) is -0.346. The molecule has 1 aliphatic heterocycles. The van der Waals surface area contributed by atoms with Crippen LogP contribution in [0, 0.1) is 5.82 Å². The van der Waals surface area contributed by atoms with Gasteiger partial charge in [-0.05, 0) is 25.1 Å². The molecule has 3 rings (SSSR count). The summed E-state index contributed by atoms with van der Waals surface area (Å²) in [4.78, 5) is 7.17. The lowest BCUT2D eigenvalue weighted by Gasteiger charge is -2.13. The van der Waals surface area contributed by atoms with Crippen LogP contribution in [0.2, 0.25) is 0 Å². The van der Waals surface area contributed by atoms with E-state index in [9.17, 15) is 8.78 Å². The number of hydrogen-bond donors (Lipinski definition) is 1. The van der Waals surface area contributed by atoms with Crippen LogP contribution in [-0.4, -0.2) is 17.2 Å². The van der Waals surface area contributed by atoms with E-state index in [1.54, 1.807) is 6.07 Å². The first-order valence-corrected chi connectivity index (χ1v) is 5.13. The number of aliphatic imine (C=N–C) groups is 1. The number of H-pyrrole nitrogens is 1. The first-order valence-electron chi connectivity index (χ1n) is 5.13. The number of hydrogen-bond acceptors (Lipinski definition) is 1. The molecule has 1 aromatic carbocycles. The van der Waals surface area contributed by atoms with E-state index in [-0.39, 0.29) is 12.4 Å². The lowest BCUT2D eigenvalue weighted by molar-refractivity contribution is 0.352. The number of nitrogens with one attached hydrogen (secondary N) is 1. The van der Waals surface area contributed by atoms with E-state index in [4.69, 9.17) is 0 Å². The normalized spacial score (nSPS) is 19.7. The predicted molar refractivity (Wildman–Crippen MR) is 59.2 cm³/mol. The number of alkyl halides is 1. The van der Waals surface area contributed by atoms with Crippen LogP contribution in [0.4, 0.5) is 8.78 Å². The van der Waals surface area contributed by atoms with Gasteiger partial charge in [0.25, 0.3) is 0 Å². The fourth-order valence-corrected chi connectivity index (χ4v) is 2.18. The van der Waals surface area contributed by atoms with Crippen LogP contribution in [0.1, 0.15) is 24.4 Å². The van der Waals surface area contributed by atoms with Crippen molar-refractivity contribution < 1.29 is 8.78 Å². The second kappa shape index (κ2) is 3.14. The third kappa shape index (κ3) is 1.19. The Bertz CT molecular complexity index is 598. The maximum atomic E-state index is 13.8. The molecule has 0 radical (unpaired) electrons. The molecule has 16 heavy (non-hydrogen) atoms. The summed E-state index contributed by atoms with van der Waals surface area (Å²) in [5.41, 5.74) is 2.77. The molecule has 0 fully saturated rings. The van der Waals surface area contributed by atoms with Gasteiger partial charge in [0.15, 0.2) is 0 Å². The van der Waals surface area contributed by atoms with Crippen molar-refractivity contribution >= 4 is 16.6 Å². The Labute approximate surface area is 91.0 Å². The smallest absolute Gasteiger partial charge is 0.147 e. The summed E-state index contributed by atoms with van der Waals surface area (Å²) in [7, 11) is 0. The molecule has 2 heterocycles. The molecule has 1 aromatic heterocycles. The number of halogens is 2. The van der Waals surface area contributed by atoms with Gasteiger partial charge in [0.2, 0.25) is 0 Å². The quantitative estimate of drug-likeness (QED) is 0.706. The van der Waals surface area contributed by atoms with Crippen LogP contribution in [-0.2, 0) is 0 Å². The van der Waals surface area contributed by atoms with Gasteiger partial charge >= 0.3 is 0 Å². The molecule has 1 atom stereocenters. The lowest BCUT2D eigenvalue weighted by atomic mass is 10.0. The fourth-order valence-electron chi connectivity index (χ4n) is 2.18. The molecule has 2 nitrogen and oxygen atoms in total. The van der Waals surface area contributed by atoms with Gasteiger partial charge in [-0.1, -0.05) is 0 Å². The second-order valence-electron chi connectivity index (χ2n) is 4.00. The largest absolute Gasteiger partial charge is 0.353 e. The summed E-state index contributed by atoms with van der Waals surface area (Å²) >= 11 is 0. The standard InChI is InChI=1S/C12H10F2N2/c1-6-12-11(9(14)5-15-6)8-4-7(13)2-3-10(8)16-12/h2-4,9,16H,5H2,1H3. The monoisotopic (exact) mass is 220 g/mol. The third-order valence-electron chi connectivity index (χ3n) is 2.96. The molecule has 1 unspecified atom stereocenters. The summed E-state index contributed by atoms with van der Waals surface area (Å²) in [6.07, 6.45) is -1.14. The molecule has 0 bridgehead atoms. The molecule has 1 N–H and O–H groups in total. The maximum Gasteiger partial charge on any atom is 0.147 e. The van der Waals surface area contributed by atoms with Crippen LogP contribution in [0.25, 0.3) is 10.9 Å². The van der Waals surface area contributed by atoms with Gasteiger partial charge in [0.05, 0.1) is 18.0 Å². The minimum absolute atomic E-state index is 0.127. The van der Waals surface area contributed by atoms with Crippen LogP contribution < -0.4 is 0 Å². The molecule has 2 aromatic rings. The number of rotatable bonds is 0. The zero-order valence-corrected chi connectivity index (χ0v) is 8.72. The van der Waals surface area contributed by atoms with E-state index in [2.05, 4.69) is 9.98 Å². The van der Waals surface area contributed by atoms with E-state index < -0.39 is 6.17 Å². The van der Waals surface area contributed by atoms with Crippen molar-refractivity contribution in [2.45, 2.75) is 13.1 Å². The van der Waals surface area contributed by atoms with E-state index in [1.165, 1.54) is 12.1 Å². The van der Waals surface area contributed by atoms with Gasteiger partial charge in [-0.3, -0.25) is 4.99 Å². The summed E-state index contributed by atoms with van der Waals surface area (Å²) < 4.78 is 26.9. The minimum atomic E-state index is -1.14. The van der Waals surface area contributed by atoms with Crippen LogP contribution in [0.3, 0.4) is 0 Å². The zero-order valence-electron chi connectivity index (χ0n) is 8.72. The molecule has 4 heteroatoms. The van der Waals surface area contributed by atoms with Crippen molar-refractivity contribution in [3.05, 3.63) is 35.3 Å². The maximum absolute atomic E-state index is 13.8. The highest BCUT2D eigenvalue weighted by atomic mass is 19.1. The first kappa shape index (κ1) is 9.51. The van der Waals surface area contributed by atoms with Crippen molar-refractivity contribution in [2.75, 3.05) is 6.54 Å². The van der Waals surface area contributed by atoms with Gasteiger partial charge in [-0.15, -0.1) is 0 Å². The molecule has 0 saturated heterocycles. The zero-order chi connectivity index (χ0) is 11.3. The molecule has 82 valence electrons. The van der Waals surface area contributed by atoms with E-state index >= 15 is 0 Å². The lowest BCUT2D eigenvalue weighted by Crippen LogP contribution is -2.11. The Morgan fingerprint density at radius 3 is 3.06 bits per heavy atom. The van der Waals surface area contributed by atoms with Crippen molar-refractivity contribution in [3.8, 4) is 0 Å². The number of benzene rings is 1. The molecular weight excluding hydrogens is 210 g/mol. The van der Waals surface area contributed by atoms with Crippen molar-refractivity contribution in [1.29, 1.82) is 0 Å². The van der Waals surface area contributed by atoms with Gasteiger partial charge in [0, 0.05) is 16.5 Å². The summed E-state index contributed by atoms with van der Waals surface area (Å²) in [6, 6.07) is 4.36. The SMILES string of the molecule is CC1=NCC(F)c2c1[nH]c1ccc(F)cc21. The van der Waals surface area contributed by atoms with Gasteiger partial charge in [-0.2, -0.15) is 0 Å². The van der Waals surface area contributed by atoms with E-state index in [1.807, 2.05) is 6.92 Å². The molecular formula is C12H10F2N2. The molecule has 0 amide bonds. The number of aromatic nitrogens is 1. The van der Waals surface area contributed by atoms with Gasteiger partial charge in [0.1, 0.15) is 12.0 Å². The summed E-state index contributed by atoms with van der Waals surface area (Å²) in [6.45, 7) is 1.96. The number of fused-ring (bicyclic) bond motifs is 3. The Balaban J connectivity index is 2.39.